The van der Waals surface area contributed by atoms with Crippen LogP contribution in [0.3, 0.4) is 0 Å². The topological polar surface area (TPSA) is 94.1 Å². The minimum atomic E-state index is -0.738. The Bertz CT molecular complexity index is 1350. The second-order valence-corrected chi connectivity index (χ2v) is 12.0. The molecule has 2 aromatic rings. The molecule has 0 saturated heterocycles. The van der Waals surface area contributed by atoms with Crippen LogP contribution >= 0.6 is 0 Å². The van der Waals surface area contributed by atoms with E-state index >= 15 is 0 Å². The number of carbonyl (C=O) groups excluding carboxylic acids is 2. The maximum atomic E-state index is 14.0. The SMILES string of the molecule is COc1ccc(NC2=C(C(C3=C(O)CC(C)(C)CC3=O)c3ccc4c(c3)OCO4)C(=O)CC(C)(C)C2)cc1. The normalized spacial score (nSPS) is 21.0. The summed E-state index contributed by atoms with van der Waals surface area (Å²) in [5.74, 6) is 1.02. The van der Waals surface area contributed by atoms with Gasteiger partial charge < -0.3 is 24.6 Å². The van der Waals surface area contributed by atoms with Gasteiger partial charge in [-0.25, -0.2) is 0 Å². The van der Waals surface area contributed by atoms with E-state index in [4.69, 9.17) is 14.2 Å². The van der Waals surface area contributed by atoms with Gasteiger partial charge in [0, 0.05) is 47.7 Å². The number of fused-ring (bicyclic) bond motifs is 1. The lowest BCUT2D eigenvalue weighted by atomic mass is 9.66. The summed E-state index contributed by atoms with van der Waals surface area (Å²) in [6, 6.07) is 13.0. The van der Waals surface area contributed by atoms with Gasteiger partial charge in [-0.3, -0.25) is 9.59 Å². The maximum absolute atomic E-state index is 14.0. The van der Waals surface area contributed by atoms with E-state index in [2.05, 4.69) is 19.2 Å². The van der Waals surface area contributed by atoms with Crippen LogP contribution < -0.4 is 19.5 Å². The number of carbonyl (C=O) groups is 2. The number of aliphatic hydroxyl groups is 1. The van der Waals surface area contributed by atoms with Gasteiger partial charge in [0.1, 0.15) is 11.5 Å². The average Bonchev–Trinajstić information content (AvgIpc) is 3.29. The van der Waals surface area contributed by atoms with Gasteiger partial charge >= 0.3 is 0 Å². The lowest BCUT2D eigenvalue weighted by Crippen LogP contribution is -2.34. The van der Waals surface area contributed by atoms with E-state index in [1.165, 1.54) is 0 Å². The van der Waals surface area contributed by atoms with Crippen LogP contribution in [0.25, 0.3) is 0 Å². The number of rotatable bonds is 6. The van der Waals surface area contributed by atoms with Crippen molar-refractivity contribution in [2.75, 3.05) is 19.2 Å². The van der Waals surface area contributed by atoms with Gasteiger partial charge in [-0.2, -0.15) is 0 Å². The second-order valence-electron chi connectivity index (χ2n) is 12.0. The molecule has 7 nitrogen and oxygen atoms in total. The summed E-state index contributed by atoms with van der Waals surface area (Å²) < 4.78 is 16.4. The largest absolute Gasteiger partial charge is 0.512 e. The predicted molar refractivity (Wildman–Crippen MR) is 145 cm³/mol. The van der Waals surface area contributed by atoms with Crippen molar-refractivity contribution in [3.8, 4) is 17.2 Å². The Balaban J connectivity index is 1.71. The lowest BCUT2D eigenvalue weighted by molar-refractivity contribution is -0.119. The molecule has 0 aromatic heterocycles. The van der Waals surface area contributed by atoms with Crippen LogP contribution in [0.1, 0.15) is 64.9 Å². The molecule has 2 aliphatic carbocycles. The molecule has 7 heteroatoms. The zero-order chi connectivity index (χ0) is 27.2. The minimum absolute atomic E-state index is 0.0436. The van der Waals surface area contributed by atoms with E-state index in [0.29, 0.717) is 53.9 Å². The molecule has 1 aliphatic heterocycles. The summed E-state index contributed by atoms with van der Waals surface area (Å²) in [5, 5.41) is 14.8. The Morgan fingerprint density at radius 2 is 1.47 bits per heavy atom. The average molecular weight is 518 g/mol. The summed E-state index contributed by atoms with van der Waals surface area (Å²) in [6.07, 6.45) is 1.60. The Morgan fingerprint density at radius 3 is 2.13 bits per heavy atom. The molecular formula is C31H35NO6. The highest BCUT2D eigenvalue weighted by Gasteiger charge is 2.44. The summed E-state index contributed by atoms with van der Waals surface area (Å²) >= 11 is 0. The van der Waals surface area contributed by atoms with Crippen LogP contribution in [0.5, 0.6) is 17.2 Å². The molecule has 0 spiro atoms. The van der Waals surface area contributed by atoms with Crippen molar-refractivity contribution in [3.63, 3.8) is 0 Å². The smallest absolute Gasteiger partial charge is 0.231 e. The van der Waals surface area contributed by atoms with Crippen LogP contribution in [0.2, 0.25) is 0 Å². The standard InChI is InChI=1S/C31H35NO6/c1-30(2)13-21(32-19-7-9-20(36-5)10-8-19)28(22(33)14-30)27(18-6-11-25-26(12-18)38-17-37-25)29-23(34)15-31(3,4)16-24(29)35/h6-12,27,32,34H,13-17H2,1-5H3. The number of hydrogen-bond donors (Lipinski definition) is 2. The third-order valence-electron chi connectivity index (χ3n) is 7.51. The molecule has 1 atom stereocenters. The zero-order valence-electron chi connectivity index (χ0n) is 22.6. The first-order chi connectivity index (χ1) is 18.0. The number of ether oxygens (including phenoxy) is 3. The third-order valence-corrected chi connectivity index (χ3v) is 7.51. The molecule has 38 heavy (non-hydrogen) atoms. The van der Waals surface area contributed by atoms with E-state index in [9.17, 15) is 14.7 Å². The van der Waals surface area contributed by atoms with Crippen LogP contribution in [-0.2, 0) is 9.59 Å². The summed E-state index contributed by atoms with van der Waals surface area (Å²) in [7, 11) is 1.62. The molecule has 1 heterocycles. The molecule has 2 aromatic carbocycles. The highest BCUT2D eigenvalue weighted by atomic mass is 16.7. The van der Waals surface area contributed by atoms with Gasteiger partial charge in [-0.1, -0.05) is 33.8 Å². The number of allylic oxidation sites excluding steroid dienone is 4. The van der Waals surface area contributed by atoms with E-state index in [-0.39, 0.29) is 34.9 Å². The monoisotopic (exact) mass is 517 g/mol. The van der Waals surface area contributed by atoms with Crippen LogP contribution in [0, 0.1) is 10.8 Å². The highest BCUT2D eigenvalue weighted by Crippen LogP contribution is 2.49. The van der Waals surface area contributed by atoms with Gasteiger partial charge in [0.05, 0.1) is 7.11 Å². The van der Waals surface area contributed by atoms with E-state index in [0.717, 1.165) is 17.1 Å². The number of benzene rings is 2. The fourth-order valence-corrected chi connectivity index (χ4v) is 5.83. The van der Waals surface area contributed by atoms with Crippen LogP contribution in [0.15, 0.2) is 65.1 Å². The van der Waals surface area contributed by atoms with Crippen molar-refractivity contribution in [3.05, 3.63) is 70.6 Å². The van der Waals surface area contributed by atoms with Crippen molar-refractivity contribution in [1.29, 1.82) is 0 Å². The Hall–Kier alpha value is -3.74. The first-order valence-electron chi connectivity index (χ1n) is 13.0. The van der Waals surface area contributed by atoms with E-state index in [1.54, 1.807) is 13.2 Å². The van der Waals surface area contributed by atoms with Gasteiger partial charge in [-0.05, 0) is 59.2 Å². The van der Waals surface area contributed by atoms with Gasteiger partial charge in [0.15, 0.2) is 23.1 Å². The number of ketones is 2. The molecule has 1 unspecified atom stereocenters. The van der Waals surface area contributed by atoms with E-state index in [1.807, 2.05) is 50.2 Å². The van der Waals surface area contributed by atoms with Crippen LogP contribution in [-0.4, -0.2) is 30.6 Å². The quantitative estimate of drug-likeness (QED) is 0.454. The van der Waals surface area contributed by atoms with Crippen molar-refractivity contribution < 1.29 is 28.9 Å². The van der Waals surface area contributed by atoms with Crippen molar-refractivity contribution in [2.24, 2.45) is 10.8 Å². The zero-order valence-corrected chi connectivity index (χ0v) is 22.6. The lowest BCUT2D eigenvalue weighted by Gasteiger charge is -2.38. The van der Waals surface area contributed by atoms with Crippen molar-refractivity contribution in [1.82, 2.24) is 0 Å². The van der Waals surface area contributed by atoms with Crippen molar-refractivity contribution in [2.45, 2.75) is 59.3 Å². The molecule has 200 valence electrons. The molecule has 2 N–H and O–H groups in total. The van der Waals surface area contributed by atoms with Crippen LogP contribution in [0.4, 0.5) is 5.69 Å². The molecule has 0 bridgehead atoms. The fraction of sp³-hybridized carbons (Fsp3) is 0.419. The summed E-state index contributed by atoms with van der Waals surface area (Å²) in [5.41, 5.74) is 2.43. The number of methoxy groups -OCH3 is 1. The number of hydrogen-bond acceptors (Lipinski definition) is 7. The summed E-state index contributed by atoms with van der Waals surface area (Å²) in [6.45, 7) is 8.19. The number of anilines is 1. The second kappa shape index (κ2) is 9.53. The fourth-order valence-electron chi connectivity index (χ4n) is 5.83. The van der Waals surface area contributed by atoms with Crippen molar-refractivity contribution >= 4 is 17.3 Å². The highest BCUT2D eigenvalue weighted by molar-refractivity contribution is 6.06. The number of aliphatic hydroxyl groups excluding tert-OH is 1. The molecule has 0 amide bonds. The maximum Gasteiger partial charge on any atom is 0.231 e. The first-order valence-corrected chi connectivity index (χ1v) is 13.0. The molecule has 3 aliphatic rings. The van der Waals surface area contributed by atoms with Gasteiger partial charge in [-0.15, -0.1) is 0 Å². The third kappa shape index (κ3) is 5.02. The van der Waals surface area contributed by atoms with Gasteiger partial charge in [0.2, 0.25) is 6.79 Å². The molecule has 0 fully saturated rings. The van der Waals surface area contributed by atoms with E-state index < -0.39 is 5.92 Å². The Morgan fingerprint density at radius 1 is 0.842 bits per heavy atom. The Kier molecular flexibility index (Phi) is 6.49. The number of Topliss-reactive ketones (excluding diaryl/α,β-unsaturated/α-hetero) is 2. The van der Waals surface area contributed by atoms with Gasteiger partial charge in [0.25, 0.3) is 0 Å². The predicted octanol–water partition coefficient (Wildman–Crippen LogP) is 6.46. The molecule has 0 radical (unpaired) electrons. The minimum Gasteiger partial charge on any atom is -0.512 e. The summed E-state index contributed by atoms with van der Waals surface area (Å²) in [4.78, 5) is 27.6. The first kappa shape index (κ1) is 25.9. The molecule has 5 rings (SSSR count). The molecule has 0 saturated carbocycles. The molecular weight excluding hydrogens is 482 g/mol. The Labute approximate surface area is 223 Å². The number of nitrogens with one attached hydrogen (secondary N) is 1.